The van der Waals surface area contributed by atoms with Gasteiger partial charge in [-0.2, -0.15) is 13.2 Å². The van der Waals surface area contributed by atoms with Crippen molar-refractivity contribution in [3.05, 3.63) is 53.9 Å². The number of carbonyl (C=O) groups excluding carboxylic acids is 1. The topological polar surface area (TPSA) is 112 Å². The third-order valence-corrected chi connectivity index (χ3v) is 4.74. The molecule has 0 aliphatic heterocycles. The summed E-state index contributed by atoms with van der Waals surface area (Å²) in [6.45, 7) is -0.549. The van der Waals surface area contributed by atoms with E-state index in [1.807, 2.05) is 0 Å². The number of methoxy groups -OCH3 is 1. The lowest BCUT2D eigenvalue weighted by atomic mass is 10.2. The van der Waals surface area contributed by atoms with E-state index in [0.29, 0.717) is 11.6 Å². The van der Waals surface area contributed by atoms with Crippen molar-refractivity contribution < 1.29 is 35.5 Å². The number of aliphatic imine (C=N–C) groups is 1. The van der Waals surface area contributed by atoms with Crippen LogP contribution < -0.4 is 5.73 Å². The van der Waals surface area contributed by atoms with Gasteiger partial charge < -0.3 is 14.9 Å². The molecule has 0 amide bonds. The van der Waals surface area contributed by atoms with E-state index in [1.54, 1.807) is 6.07 Å². The summed E-state index contributed by atoms with van der Waals surface area (Å²) in [5, 5.41) is 0. The second-order valence-corrected chi connectivity index (χ2v) is 7.85. The summed E-state index contributed by atoms with van der Waals surface area (Å²) in [7, 11) is -2.36. The number of alkyl halides is 3. The molecule has 2 aromatic rings. The number of hydrogen-bond donors (Lipinski definition) is 1. The Hall–Kier alpha value is -3.08. The predicted molar refractivity (Wildman–Crippen MR) is 99.0 cm³/mol. The van der Waals surface area contributed by atoms with Crippen molar-refractivity contribution in [2.75, 3.05) is 19.9 Å². The number of allylic oxidation sites excluding steroid dienone is 2. The molecule has 2 rings (SSSR count). The van der Waals surface area contributed by atoms with E-state index in [9.17, 15) is 26.4 Å². The maximum Gasteiger partial charge on any atom is 0.430 e. The van der Waals surface area contributed by atoms with Gasteiger partial charge in [-0.15, -0.1) is 0 Å². The molecule has 29 heavy (non-hydrogen) atoms. The molecular formula is C18H17F3N2O5S. The summed E-state index contributed by atoms with van der Waals surface area (Å²) in [6.07, 6.45) is -3.22. The van der Waals surface area contributed by atoms with Gasteiger partial charge >= 0.3 is 12.1 Å². The van der Waals surface area contributed by atoms with Gasteiger partial charge in [0.05, 0.1) is 12.0 Å². The number of sulfone groups is 1. The minimum Gasteiger partial charge on any atom is -0.468 e. The second kappa shape index (κ2) is 8.52. The van der Waals surface area contributed by atoms with E-state index in [1.165, 1.54) is 30.3 Å². The van der Waals surface area contributed by atoms with Crippen LogP contribution in [0.25, 0.3) is 11.3 Å². The first-order chi connectivity index (χ1) is 13.4. The molecule has 0 aliphatic rings. The SMILES string of the molecule is COC(=O)CN=C(C=C(N)C(F)(F)F)c1ccc(-c2cccc(S(C)(=O)=O)c2)o1. The molecule has 0 radical (unpaired) electrons. The Labute approximate surface area is 164 Å². The third-order valence-electron chi connectivity index (χ3n) is 3.63. The molecule has 7 nitrogen and oxygen atoms in total. The number of halogens is 3. The third kappa shape index (κ3) is 5.95. The van der Waals surface area contributed by atoms with Crippen LogP contribution in [0.4, 0.5) is 13.2 Å². The van der Waals surface area contributed by atoms with Crippen LogP contribution in [0.1, 0.15) is 5.76 Å². The van der Waals surface area contributed by atoms with Crippen molar-refractivity contribution in [3.63, 3.8) is 0 Å². The summed E-state index contributed by atoms with van der Waals surface area (Å²) in [5.41, 5.74) is 3.68. The van der Waals surface area contributed by atoms with E-state index in [-0.39, 0.29) is 22.1 Å². The van der Waals surface area contributed by atoms with Crippen LogP contribution >= 0.6 is 0 Å². The standard InChI is InChI=1S/C18H17F3N2O5S/c1-27-17(24)10-23-13(9-16(22)18(19,20)21)15-7-6-14(28-15)11-4-3-5-12(8-11)29(2,25)26/h3-9H,10,22H2,1-2H3. The van der Waals surface area contributed by atoms with E-state index < -0.39 is 34.2 Å². The van der Waals surface area contributed by atoms with Crippen molar-refractivity contribution in [2.24, 2.45) is 10.7 Å². The fourth-order valence-corrected chi connectivity index (χ4v) is 2.82. The summed E-state index contributed by atoms with van der Waals surface area (Å²) >= 11 is 0. The fourth-order valence-electron chi connectivity index (χ4n) is 2.15. The molecular weight excluding hydrogens is 413 g/mol. The molecule has 1 aromatic heterocycles. The Kier molecular flexibility index (Phi) is 6.52. The average molecular weight is 430 g/mol. The lowest BCUT2D eigenvalue weighted by Crippen LogP contribution is -2.21. The van der Waals surface area contributed by atoms with Crippen LogP contribution in [0.15, 0.2) is 62.5 Å². The molecule has 0 unspecified atom stereocenters. The molecule has 0 bridgehead atoms. The van der Waals surface area contributed by atoms with Crippen LogP contribution in [0.5, 0.6) is 0 Å². The van der Waals surface area contributed by atoms with Gasteiger partial charge in [-0.3, -0.25) is 9.79 Å². The van der Waals surface area contributed by atoms with E-state index in [0.717, 1.165) is 13.4 Å². The maximum atomic E-state index is 12.8. The molecule has 0 fully saturated rings. The number of nitrogens with zero attached hydrogens (tertiary/aromatic N) is 1. The zero-order chi connectivity index (χ0) is 21.8. The normalized spacial score (nSPS) is 13.4. The van der Waals surface area contributed by atoms with Crippen molar-refractivity contribution in [2.45, 2.75) is 11.1 Å². The second-order valence-electron chi connectivity index (χ2n) is 5.84. The number of carbonyl (C=O) groups is 1. The first-order valence-corrected chi connectivity index (χ1v) is 9.87. The molecule has 1 aromatic carbocycles. The lowest BCUT2D eigenvalue weighted by Gasteiger charge is -2.07. The molecule has 0 aliphatic carbocycles. The van der Waals surface area contributed by atoms with Gasteiger partial charge in [-0.25, -0.2) is 8.42 Å². The number of esters is 1. The maximum absolute atomic E-state index is 12.8. The quantitative estimate of drug-likeness (QED) is 0.557. The molecule has 2 N–H and O–H groups in total. The van der Waals surface area contributed by atoms with Crippen molar-refractivity contribution >= 4 is 21.5 Å². The van der Waals surface area contributed by atoms with Gasteiger partial charge in [-0.1, -0.05) is 12.1 Å². The van der Waals surface area contributed by atoms with Gasteiger partial charge in [0.2, 0.25) is 0 Å². The van der Waals surface area contributed by atoms with Gasteiger partial charge in [0.1, 0.15) is 23.7 Å². The van der Waals surface area contributed by atoms with Gasteiger partial charge in [0, 0.05) is 11.8 Å². The Balaban J connectivity index is 2.47. The molecule has 156 valence electrons. The summed E-state index contributed by atoms with van der Waals surface area (Å²) in [4.78, 5) is 15.1. The highest BCUT2D eigenvalue weighted by Crippen LogP contribution is 2.26. The van der Waals surface area contributed by atoms with Crippen LogP contribution in [0.3, 0.4) is 0 Å². The molecule has 0 atom stereocenters. The fraction of sp³-hybridized carbons (Fsp3) is 0.222. The molecule has 0 spiro atoms. The monoisotopic (exact) mass is 430 g/mol. The predicted octanol–water partition coefficient (Wildman–Crippen LogP) is 2.72. The molecule has 0 saturated carbocycles. The van der Waals surface area contributed by atoms with Crippen LogP contribution in [-0.2, 0) is 19.4 Å². The molecule has 0 saturated heterocycles. The van der Waals surface area contributed by atoms with Crippen LogP contribution in [0.2, 0.25) is 0 Å². The van der Waals surface area contributed by atoms with E-state index >= 15 is 0 Å². The number of furan rings is 1. The highest BCUT2D eigenvalue weighted by Gasteiger charge is 2.32. The smallest absolute Gasteiger partial charge is 0.430 e. The average Bonchev–Trinajstić information content (AvgIpc) is 3.13. The molecule has 1 heterocycles. The van der Waals surface area contributed by atoms with Crippen molar-refractivity contribution in [1.29, 1.82) is 0 Å². The van der Waals surface area contributed by atoms with E-state index in [2.05, 4.69) is 9.73 Å². The van der Waals surface area contributed by atoms with Crippen LogP contribution in [-0.4, -0.2) is 46.2 Å². The zero-order valence-corrected chi connectivity index (χ0v) is 16.2. The van der Waals surface area contributed by atoms with Crippen LogP contribution in [0, 0.1) is 0 Å². The minimum atomic E-state index is -4.80. The zero-order valence-electron chi connectivity index (χ0n) is 15.4. The van der Waals surface area contributed by atoms with E-state index in [4.69, 9.17) is 10.2 Å². The highest BCUT2D eigenvalue weighted by atomic mass is 32.2. The van der Waals surface area contributed by atoms with Gasteiger partial charge in [0.25, 0.3) is 0 Å². The first kappa shape index (κ1) is 22.2. The van der Waals surface area contributed by atoms with Crippen molar-refractivity contribution in [3.8, 4) is 11.3 Å². The Bertz CT molecular complexity index is 1070. The summed E-state index contributed by atoms with van der Waals surface area (Å²) in [5.74, 6) is -0.676. The summed E-state index contributed by atoms with van der Waals surface area (Å²) < 4.78 is 71.7. The number of nitrogens with two attached hydrogens (primary N) is 1. The highest BCUT2D eigenvalue weighted by molar-refractivity contribution is 7.90. The largest absolute Gasteiger partial charge is 0.468 e. The van der Waals surface area contributed by atoms with Crippen molar-refractivity contribution in [1.82, 2.24) is 0 Å². The number of hydrogen-bond acceptors (Lipinski definition) is 7. The van der Waals surface area contributed by atoms with Gasteiger partial charge in [-0.05, 0) is 30.3 Å². The Morgan fingerprint density at radius 3 is 2.55 bits per heavy atom. The lowest BCUT2D eigenvalue weighted by molar-refractivity contribution is -0.138. The van der Waals surface area contributed by atoms with Gasteiger partial charge in [0.15, 0.2) is 15.6 Å². The number of benzene rings is 1. The Morgan fingerprint density at radius 2 is 1.97 bits per heavy atom. The molecule has 11 heteroatoms. The first-order valence-electron chi connectivity index (χ1n) is 7.98. The Morgan fingerprint density at radius 1 is 1.28 bits per heavy atom. The number of ether oxygens (including phenoxy) is 1. The summed E-state index contributed by atoms with van der Waals surface area (Å²) in [6, 6.07) is 8.60. The minimum absolute atomic E-state index is 0.0498. The number of rotatable bonds is 6.